The zero-order chi connectivity index (χ0) is 12.3. The van der Waals surface area contributed by atoms with Crippen LogP contribution in [-0.4, -0.2) is 18.0 Å². The molecule has 2 atom stereocenters. The van der Waals surface area contributed by atoms with Gasteiger partial charge in [0.05, 0.1) is 0 Å². The van der Waals surface area contributed by atoms with Gasteiger partial charge in [-0.1, -0.05) is 32.6 Å². The second-order valence-electron chi connectivity index (χ2n) is 5.87. The highest BCUT2D eigenvalue weighted by Crippen LogP contribution is 2.41. The molecule has 2 aliphatic carbocycles. The fraction of sp³-hybridized carbons (Fsp3) is 0.929. The number of amides is 1. The normalized spacial score (nSPS) is 32.4. The molecule has 2 saturated carbocycles. The summed E-state index contributed by atoms with van der Waals surface area (Å²) in [5.74, 6) is 0.278. The third-order valence-corrected chi connectivity index (χ3v) is 4.86. The highest BCUT2D eigenvalue weighted by Gasteiger charge is 2.40. The fourth-order valence-electron chi connectivity index (χ4n) is 3.45. The summed E-state index contributed by atoms with van der Waals surface area (Å²) >= 11 is 0. The third kappa shape index (κ3) is 2.65. The van der Waals surface area contributed by atoms with Crippen LogP contribution in [0.3, 0.4) is 0 Å². The fourth-order valence-corrected chi connectivity index (χ4v) is 3.45. The van der Waals surface area contributed by atoms with E-state index in [1.165, 1.54) is 25.7 Å². The van der Waals surface area contributed by atoms with E-state index in [1.54, 1.807) is 0 Å². The molecule has 0 aromatic rings. The Morgan fingerprint density at radius 2 is 1.88 bits per heavy atom. The summed E-state index contributed by atoms with van der Waals surface area (Å²) in [7, 11) is 0. The van der Waals surface area contributed by atoms with Crippen molar-refractivity contribution in [1.82, 2.24) is 5.32 Å². The van der Waals surface area contributed by atoms with E-state index in [0.717, 1.165) is 32.1 Å². The van der Waals surface area contributed by atoms with Crippen LogP contribution in [0.4, 0.5) is 0 Å². The van der Waals surface area contributed by atoms with Crippen LogP contribution >= 0.6 is 0 Å². The monoisotopic (exact) mass is 238 g/mol. The van der Waals surface area contributed by atoms with Crippen LogP contribution in [0.5, 0.6) is 0 Å². The number of rotatable bonds is 3. The Morgan fingerprint density at radius 3 is 2.47 bits per heavy atom. The van der Waals surface area contributed by atoms with Crippen molar-refractivity contribution in [1.29, 1.82) is 0 Å². The van der Waals surface area contributed by atoms with Crippen LogP contribution in [0, 0.1) is 5.41 Å². The molecule has 0 radical (unpaired) electrons. The summed E-state index contributed by atoms with van der Waals surface area (Å²) < 4.78 is 0. The van der Waals surface area contributed by atoms with Crippen LogP contribution in [0.2, 0.25) is 0 Å². The molecule has 2 rings (SSSR count). The number of carbonyl (C=O) groups is 1. The zero-order valence-electron chi connectivity index (χ0n) is 11.0. The Hall–Kier alpha value is -0.570. The molecule has 0 heterocycles. The summed E-state index contributed by atoms with van der Waals surface area (Å²) in [4.78, 5) is 12.4. The van der Waals surface area contributed by atoms with Crippen molar-refractivity contribution < 1.29 is 4.79 Å². The maximum Gasteiger partial charge on any atom is 0.226 e. The Morgan fingerprint density at radius 1 is 1.24 bits per heavy atom. The van der Waals surface area contributed by atoms with Gasteiger partial charge < -0.3 is 11.1 Å². The summed E-state index contributed by atoms with van der Waals surface area (Å²) in [5, 5.41) is 3.24. The zero-order valence-corrected chi connectivity index (χ0v) is 11.0. The number of hydrogen-bond acceptors (Lipinski definition) is 2. The molecule has 98 valence electrons. The smallest absolute Gasteiger partial charge is 0.226 e. The molecular weight excluding hydrogens is 212 g/mol. The highest BCUT2D eigenvalue weighted by molar-refractivity contribution is 5.83. The lowest BCUT2D eigenvalue weighted by molar-refractivity contribution is -0.132. The van der Waals surface area contributed by atoms with E-state index in [1.807, 2.05) is 0 Å². The van der Waals surface area contributed by atoms with E-state index in [4.69, 9.17) is 5.73 Å². The second-order valence-corrected chi connectivity index (χ2v) is 5.87. The Balaban J connectivity index is 1.95. The first-order valence-corrected chi connectivity index (χ1v) is 7.24. The largest absolute Gasteiger partial charge is 0.351 e. The van der Waals surface area contributed by atoms with Crippen LogP contribution in [0.15, 0.2) is 0 Å². The molecule has 3 heteroatoms. The maximum atomic E-state index is 12.4. The van der Waals surface area contributed by atoms with Gasteiger partial charge in [0.25, 0.3) is 0 Å². The van der Waals surface area contributed by atoms with Gasteiger partial charge in [0.2, 0.25) is 5.91 Å². The van der Waals surface area contributed by atoms with Gasteiger partial charge in [-0.2, -0.15) is 0 Å². The van der Waals surface area contributed by atoms with E-state index in [0.29, 0.717) is 0 Å². The minimum Gasteiger partial charge on any atom is -0.351 e. The lowest BCUT2D eigenvalue weighted by Gasteiger charge is -2.34. The Bertz CT molecular complexity index is 271. The Kier molecular flexibility index (Phi) is 4.08. The summed E-state index contributed by atoms with van der Waals surface area (Å²) in [6.45, 7) is 2.14. The van der Waals surface area contributed by atoms with Crippen molar-refractivity contribution >= 4 is 5.91 Å². The molecule has 2 aliphatic rings. The van der Waals surface area contributed by atoms with Gasteiger partial charge in [-0.25, -0.2) is 0 Å². The molecule has 0 aliphatic heterocycles. The molecule has 0 aromatic heterocycles. The molecule has 17 heavy (non-hydrogen) atoms. The molecule has 1 amide bonds. The van der Waals surface area contributed by atoms with E-state index >= 15 is 0 Å². The van der Waals surface area contributed by atoms with Crippen molar-refractivity contribution in [2.45, 2.75) is 76.8 Å². The number of hydrogen-bond donors (Lipinski definition) is 2. The van der Waals surface area contributed by atoms with Gasteiger partial charge >= 0.3 is 0 Å². The van der Waals surface area contributed by atoms with Crippen LogP contribution in [0.25, 0.3) is 0 Å². The minimum atomic E-state index is -0.0723. The molecule has 0 spiro atoms. The lowest BCUT2D eigenvalue weighted by atomic mass is 9.81. The first-order valence-electron chi connectivity index (χ1n) is 7.24. The van der Waals surface area contributed by atoms with Crippen LogP contribution in [-0.2, 0) is 4.79 Å². The highest BCUT2D eigenvalue weighted by atomic mass is 16.2. The average molecular weight is 238 g/mol. The van der Waals surface area contributed by atoms with Crippen molar-refractivity contribution in [2.24, 2.45) is 11.1 Å². The van der Waals surface area contributed by atoms with Crippen LogP contribution in [0.1, 0.15) is 64.7 Å². The molecule has 3 N–H and O–H groups in total. The second kappa shape index (κ2) is 5.38. The molecule has 0 unspecified atom stereocenters. The van der Waals surface area contributed by atoms with Gasteiger partial charge in [-0.15, -0.1) is 0 Å². The first kappa shape index (κ1) is 12.9. The number of nitrogens with two attached hydrogens (primary N) is 1. The van der Waals surface area contributed by atoms with Crippen molar-refractivity contribution in [3.8, 4) is 0 Å². The van der Waals surface area contributed by atoms with Gasteiger partial charge in [0, 0.05) is 17.5 Å². The van der Waals surface area contributed by atoms with Crippen LogP contribution < -0.4 is 11.1 Å². The van der Waals surface area contributed by atoms with Crippen molar-refractivity contribution in [2.75, 3.05) is 0 Å². The maximum absolute atomic E-state index is 12.4. The van der Waals surface area contributed by atoms with Gasteiger partial charge in [0.1, 0.15) is 0 Å². The number of carbonyl (C=O) groups excluding carboxylic acids is 1. The molecule has 0 saturated heterocycles. The first-order chi connectivity index (χ1) is 8.18. The number of nitrogens with one attached hydrogen (secondary N) is 1. The molecule has 0 bridgehead atoms. The quantitative estimate of drug-likeness (QED) is 0.793. The Labute approximate surface area is 105 Å². The lowest BCUT2D eigenvalue weighted by Crippen LogP contribution is -2.53. The molecule has 0 aromatic carbocycles. The van der Waals surface area contributed by atoms with E-state index < -0.39 is 0 Å². The molecular formula is C14H26N2O. The predicted octanol–water partition coefficient (Wildman–Crippen LogP) is 2.34. The molecule has 3 nitrogen and oxygen atoms in total. The van der Waals surface area contributed by atoms with Gasteiger partial charge in [-0.05, 0) is 32.1 Å². The summed E-state index contributed by atoms with van der Waals surface area (Å²) in [6.07, 6.45) is 10.1. The van der Waals surface area contributed by atoms with E-state index in [2.05, 4.69) is 12.2 Å². The summed E-state index contributed by atoms with van der Waals surface area (Å²) in [5.41, 5.74) is 6.02. The van der Waals surface area contributed by atoms with E-state index in [9.17, 15) is 4.79 Å². The third-order valence-electron chi connectivity index (χ3n) is 4.86. The van der Waals surface area contributed by atoms with Crippen molar-refractivity contribution in [3.05, 3.63) is 0 Å². The average Bonchev–Trinajstić information content (AvgIpc) is 2.82. The topological polar surface area (TPSA) is 55.1 Å². The van der Waals surface area contributed by atoms with E-state index in [-0.39, 0.29) is 23.4 Å². The minimum absolute atomic E-state index is 0.0723. The SMILES string of the molecule is CCC1(C(=O)N[C@@H]2CCCC[C@H]2N)CCCC1. The summed E-state index contributed by atoms with van der Waals surface area (Å²) in [6, 6.07) is 0.392. The van der Waals surface area contributed by atoms with Gasteiger partial charge in [0.15, 0.2) is 0 Å². The van der Waals surface area contributed by atoms with Gasteiger partial charge in [-0.3, -0.25) is 4.79 Å². The predicted molar refractivity (Wildman–Crippen MR) is 69.6 cm³/mol. The molecule has 2 fully saturated rings. The standard InChI is InChI=1S/C14H26N2O/c1-2-14(9-5-6-10-14)13(17)16-12-8-4-3-7-11(12)15/h11-12H,2-10,15H2,1H3,(H,16,17)/t11-,12-/m1/s1. The van der Waals surface area contributed by atoms with Crippen molar-refractivity contribution in [3.63, 3.8) is 0 Å².